The van der Waals surface area contributed by atoms with Crippen LogP contribution in [0.4, 0.5) is 0 Å². The van der Waals surface area contributed by atoms with Crippen LogP contribution in [-0.4, -0.2) is 34.6 Å². The molecule has 0 aromatic rings. The average Bonchev–Trinajstić information content (AvgIpc) is 2.59. The lowest BCUT2D eigenvalue weighted by Crippen LogP contribution is -2.43. The average molecular weight is 267 g/mol. The highest BCUT2D eigenvalue weighted by molar-refractivity contribution is 5.67. The van der Waals surface area contributed by atoms with Crippen LogP contribution in [0, 0.1) is 5.92 Å². The minimum Gasteiger partial charge on any atom is -0.481 e. The fourth-order valence-corrected chi connectivity index (χ4v) is 4.06. The topological polar surface area (TPSA) is 40.5 Å². The minimum atomic E-state index is -0.614. The molecule has 0 amide bonds. The van der Waals surface area contributed by atoms with E-state index in [1.54, 1.807) is 0 Å². The molecule has 0 aromatic carbocycles. The Bertz CT molecular complexity index is 278. The Kier molecular flexibility index (Phi) is 5.68. The predicted molar refractivity (Wildman–Crippen MR) is 77.3 cm³/mol. The maximum absolute atomic E-state index is 10.8. The van der Waals surface area contributed by atoms with E-state index in [1.165, 1.54) is 51.5 Å². The molecule has 0 saturated carbocycles. The number of hydrogen-bond donors (Lipinski definition) is 1. The molecule has 3 heteroatoms. The Labute approximate surface area is 117 Å². The molecule has 0 radical (unpaired) electrons. The van der Waals surface area contributed by atoms with Crippen LogP contribution in [0.15, 0.2) is 0 Å². The number of hydrogen-bond acceptors (Lipinski definition) is 2. The summed E-state index contributed by atoms with van der Waals surface area (Å²) in [6.07, 6.45) is 12.0. The van der Waals surface area contributed by atoms with Gasteiger partial charge in [-0.1, -0.05) is 32.6 Å². The summed E-state index contributed by atoms with van der Waals surface area (Å²) in [5.41, 5.74) is 0. The second-order valence-electron chi connectivity index (χ2n) is 6.47. The molecule has 0 spiro atoms. The number of carboxylic acids is 1. The van der Waals surface area contributed by atoms with Gasteiger partial charge in [-0.3, -0.25) is 9.69 Å². The van der Waals surface area contributed by atoms with Crippen molar-refractivity contribution in [3.05, 3.63) is 0 Å². The SMILES string of the molecule is CCCCCCCN1C2CCC1CC(CC(=O)O)C2. The zero-order chi connectivity index (χ0) is 13.7. The van der Waals surface area contributed by atoms with E-state index in [-0.39, 0.29) is 0 Å². The molecule has 1 N–H and O–H groups in total. The molecule has 2 rings (SSSR count). The van der Waals surface area contributed by atoms with E-state index in [0.29, 0.717) is 24.4 Å². The minimum absolute atomic E-state index is 0.386. The summed E-state index contributed by atoms with van der Waals surface area (Å²) in [7, 11) is 0. The molecule has 2 unspecified atom stereocenters. The van der Waals surface area contributed by atoms with Crippen LogP contribution in [0.3, 0.4) is 0 Å². The number of rotatable bonds is 8. The largest absolute Gasteiger partial charge is 0.481 e. The summed E-state index contributed by atoms with van der Waals surface area (Å²) in [6.45, 7) is 3.51. The molecule has 2 aliphatic rings. The van der Waals surface area contributed by atoms with Crippen molar-refractivity contribution in [2.75, 3.05) is 6.54 Å². The van der Waals surface area contributed by atoms with Gasteiger partial charge in [-0.15, -0.1) is 0 Å². The Hall–Kier alpha value is -0.570. The maximum Gasteiger partial charge on any atom is 0.303 e. The van der Waals surface area contributed by atoms with Gasteiger partial charge in [-0.05, 0) is 44.6 Å². The van der Waals surface area contributed by atoms with Crippen LogP contribution in [0.5, 0.6) is 0 Å². The van der Waals surface area contributed by atoms with Crippen LogP contribution in [0.2, 0.25) is 0 Å². The van der Waals surface area contributed by atoms with Gasteiger partial charge in [0, 0.05) is 18.5 Å². The van der Waals surface area contributed by atoms with Crippen molar-refractivity contribution in [3.63, 3.8) is 0 Å². The maximum atomic E-state index is 10.8. The first kappa shape index (κ1) is 14.8. The highest BCUT2D eigenvalue weighted by Gasteiger charge is 2.40. The van der Waals surface area contributed by atoms with Crippen molar-refractivity contribution in [2.45, 2.75) is 83.2 Å². The van der Waals surface area contributed by atoms with Gasteiger partial charge in [0.15, 0.2) is 0 Å². The third-order valence-electron chi connectivity index (χ3n) is 4.97. The van der Waals surface area contributed by atoms with Crippen molar-refractivity contribution in [1.82, 2.24) is 4.90 Å². The first-order valence-corrected chi connectivity index (χ1v) is 8.18. The first-order valence-electron chi connectivity index (χ1n) is 8.18. The third-order valence-corrected chi connectivity index (χ3v) is 4.97. The lowest BCUT2D eigenvalue weighted by Gasteiger charge is -2.38. The smallest absolute Gasteiger partial charge is 0.303 e. The quantitative estimate of drug-likeness (QED) is 0.682. The summed E-state index contributed by atoms with van der Waals surface area (Å²) in [5.74, 6) is -0.177. The van der Waals surface area contributed by atoms with Crippen LogP contribution in [-0.2, 0) is 4.79 Å². The van der Waals surface area contributed by atoms with E-state index in [2.05, 4.69) is 11.8 Å². The van der Waals surface area contributed by atoms with Gasteiger partial charge in [-0.25, -0.2) is 0 Å². The molecule has 2 heterocycles. The third kappa shape index (κ3) is 4.20. The fourth-order valence-electron chi connectivity index (χ4n) is 4.06. The van der Waals surface area contributed by atoms with E-state index < -0.39 is 5.97 Å². The van der Waals surface area contributed by atoms with Crippen LogP contribution < -0.4 is 0 Å². The number of fused-ring (bicyclic) bond motifs is 2. The molecule has 110 valence electrons. The molecule has 2 atom stereocenters. The summed E-state index contributed by atoms with van der Waals surface area (Å²) >= 11 is 0. The number of carbonyl (C=O) groups is 1. The molecular weight excluding hydrogens is 238 g/mol. The molecule has 19 heavy (non-hydrogen) atoms. The zero-order valence-corrected chi connectivity index (χ0v) is 12.3. The van der Waals surface area contributed by atoms with Crippen LogP contribution in [0.1, 0.15) is 71.1 Å². The first-order chi connectivity index (χ1) is 9.20. The van der Waals surface area contributed by atoms with Crippen molar-refractivity contribution in [3.8, 4) is 0 Å². The van der Waals surface area contributed by atoms with Gasteiger partial charge in [0.2, 0.25) is 0 Å². The molecule has 2 fully saturated rings. The van der Waals surface area contributed by atoms with Crippen molar-refractivity contribution >= 4 is 5.97 Å². The highest BCUT2D eigenvalue weighted by atomic mass is 16.4. The summed E-state index contributed by atoms with van der Waals surface area (Å²) < 4.78 is 0. The van der Waals surface area contributed by atoms with Gasteiger partial charge in [0.1, 0.15) is 0 Å². The molecule has 0 aromatic heterocycles. The van der Waals surface area contributed by atoms with Crippen LogP contribution in [0.25, 0.3) is 0 Å². The highest BCUT2D eigenvalue weighted by Crippen LogP contribution is 2.39. The van der Waals surface area contributed by atoms with E-state index >= 15 is 0 Å². The second kappa shape index (κ2) is 7.28. The van der Waals surface area contributed by atoms with E-state index in [1.807, 2.05) is 0 Å². The van der Waals surface area contributed by atoms with Gasteiger partial charge in [-0.2, -0.15) is 0 Å². The Morgan fingerprint density at radius 3 is 2.32 bits per heavy atom. The van der Waals surface area contributed by atoms with Gasteiger partial charge in [0.25, 0.3) is 0 Å². The van der Waals surface area contributed by atoms with Crippen molar-refractivity contribution < 1.29 is 9.90 Å². The molecule has 0 aliphatic carbocycles. The number of carboxylic acid groups (broad SMARTS) is 1. The van der Waals surface area contributed by atoms with Gasteiger partial charge < -0.3 is 5.11 Å². The summed E-state index contributed by atoms with van der Waals surface area (Å²) in [6, 6.07) is 1.38. The zero-order valence-electron chi connectivity index (χ0n) is 12.3. The monoisotopic (exact) mass is 267 g/mol. The normalized spacial score (nSPS) is 30.7. The molecule has 2 aliphatic heterocycles. The van der Waals surface area contributed by atoms with Gasteiger partial charge >= 0.3 is 5.97 Å². The lowest BCUT2D eigenvalue weighted by molar-refractivity contribution is -0.138. The Balaban J connectivity index is 1.71. The number of aliphatic carboxylic acids is 1. The van der Waals surface area contributed by atoms with Crippen molar-refractivity contribution in [2.24, 2.45) is 5.92 Å². The molecule has 2 saturated heterocycles. The summed E-state index contributed by atoms with van der Waals surface area (Å²) in [4.78, 5) is 13.5. The second-order valence-corrected chi connectivity index (χ2v) is 6.47. The Morgan fingerprint density at radius 2 is 1.74 bits per heavy atom. The number of nitrogens with zero attached hydrogens (tertiary/aromatic N) is 1. The molecular formula is C16H29NO2. The lowest BCUT2D eigenvalue weighted by atomic mass is 9.88. The molecule has 2 bridgehead atoms. The molecule has 3 nitrogen and oxygen atoms in total. The van der Waals surface area contributed by atoms with Crippen LogP contribution >= 0.6 is 0 Å². The van der Waals surface area contributed by atoms with Gasteiger partial charge in [0.05, 0.1) is 0 Å². The standard InChI is InChI=1S/C16H29NO2/c1-2-3-4-5-6-9-17-14-7-8-15(17)11-13(10-14)12-16(18)19/h13-15H,2-12H2,1H3,(H,18,19). The fraction of sp³-hybridized carbons (Fsp3) is 0.938. The van der Waals surface area contributed by atoms with E-state index in [0.717, 1.165) is 12.8 Å². The summed E-state index contributed by atoms with van der Waals surface area (Å²) in [5, 5.41) is 8.93. The van der Waals surface area contributed by atoms with E-state index in [4.69, 9.17) is 5.11 Å². The number of unbranched alkanes of at least 4 members (excludes halogenated alkanes) is 4. The van der Waals surface area contributed by atoms with Crippen molar-refractivity contribution in [1.29, 1.82) is 0 Å². The Morgan fingerprint density at radius 1 is 1.11 bits per heavy atom. The van der Waals surface area contributed by atoms with E-state index in [9.17, 15) is 4.79 Å². The predicted octanol–water partition coefficient (Wildman–Crippen LogP) is 3.67. The number of piperidine rings is 1.